The number of Topliss-reactive ketones (excluding diaryl/α,β-unsaturated/α-hetero) is 1. The molecule has 1 nitrogen and oxygen atoms in total. The minimum Gasteiger partial charge on any atom is -0.294 e. The molecule has 98 valence electrons. The minimum atomic E-state index is 0.164. The molecule has 2 heteroatoms. The zero-order valence-corrected chi connectivity index (χ0v) is 13.0. The molecule has 0 aliphatic carbocycles. The fraction of sp³-hybridized carbons (Fsp3) is 0.0556. The van der Waals surface area contributed by atoms with Crippen LogP contribution in [0.25, 0.3) is 10.8 Å². The summed E-state index contributed by atoms with van der Waals surface area (Å²) in [6.45, 7) is 0. The molecule has 0 atom stereocenters. The summed E-state index contributed by atoms with van der Waals surface area (Å²) in [5, 5.41) is 2.28. The van der Waals surface area contributed by atoms with Crippen LogP contribution in [0.15, 0.2) is 66.7 Å². The van der Waals surface area contributed by atoms with Gasteiger partial charge in [-0.3, -0.25) is 4.79 Å². The Bertz CT molecular complexity index is 760. The van der Waals surface area contributed by atoms with Crippen molar-refractivity contribution in [3.8, 4) is 0 Å². The van der Waals surface area contributed by atoms with Crippen LogP contribution >= 0.6 is 22.6 Å². The first kappa shape index (κ1) is 13.3. The first-order valence-electron chi connectivity index (χ1n) is 6.49. The summed E-state index contributed by atoms with van der Waals surface area (Å²) in [6.07, 6.45) is 0.454. The number of halogens is 1. The molecule has 0 aliphatic rings. The van der Waals surface area contributed by atoms with E-state index in [0.717, 1.165) is 16.5 Å². The smallest absolute Gasteiger partial charge is 0.167 e. The van der Waals surface area contributed by atoms with Crippen molar-refractivity contribution in [3.63, 3.8) is 0 Å². The maximum absolute atomic E-state index is 12.3. The second-order valence-corrected chi connectivity index (χ2v) is 6.03. The number of benzene rings is 3. The van der Waals surface area contributed by atoms with Gasteiger partial charge in [0.25, 0.3) is 0 Å². The fourth-order valence-electron chi connectivity index (χ4n) is 2.25. The van der Waals surface area contributed by atoms with Crippen LogP contribution in [0.4, 0.5) is 0 Å². The molecular weight excluding hydrogens is 359 g/mol. The van der Waals surface area contributed by atoms with Gasteiger partial charge in [0, 0.05) is 15.6 Å². The van der Waals surface area contributed by atoms with Gasteiger partial charge in [0.2, 0.25) is 0 Å². The molecule has 0 heterocycles. The molecule has 0 amide bonds. The van der Waals surface area contributed by atoms with E-state index in [9.17, 15) is 4.79 Å². The average Bonchev–Trinajstić information content (AvgIpc) is 2.49. The van der Waals surface area contributed by atoms with Crippen molar-refractivity contribution in [1.82, 2.24) is 0 Å². The van der Waals surface area contributed by atoms with Crippen LogP contribution in [0, 0.1) is 3.57 Å². The average molecular weight is 372 g/mol. The van der Waals surface area contributed by atoms with Gasteiger partial charge in [-0.15, -0.1) is 0 Å². The van der Waals surface area contributed by atoms with Gasteiger partial charge in [0.15, 0.2) is 5.78 Å². The molecule has 0 aromatic heterocycles. The van der Waals surface area contributed by atoms with E-state index in [1.807, 2.05) is 60.7 Å². The molecular formula is C18H13IO. The van der Waals surface area contributed by atoms with Crippen molar-refractivity contribution in [1.29, 1.82) is 0 Å². The third-order valence-electron chi connectivity index (χ3n) is 3.35. The van der Waals surface area contributed by atoms with Crippen molar-refractivity contribution < 1.29 is 4.79 Å². The number of rotatable bonds is 3. The first-order valence-corrected chi connectivity index (χ1v) is 7.57. The van der Waals surface area contributed by atoms with Crippen molar-refractivity contribution in [2.75, 3.05) is 0 Å². The number of carbonyl (C=O) groups is 1. The van der Waals surface area contributed by atoms with E-state index < -0.39 is 0 Å². The maximum Gasteiger partial charge on any atom is 0.167 e. The van der Waals surface area contributed by atoms with Crippen LogP contribution < -0.4 is 0 Å². The number of carbonyl (C=O) groups excluding carboxylic acids is 1. The van der Waals surface area contributed by atoms with E-state index in [1.165, 1.54) is 8.96 Å². The normalized spacial score (nSPS) is 10.7. The molecule has 0 aliphatic heterocycles. The second kappa shape index (κ2) is 5.75. The zero-order chi connectivity index (χ0) is 13.9. The van der Waals surface area contributed by atoms with Crippen molar-refractivity contribution >= 4 is 39.1 Å². The number of ketones is 1. The lowest BCUT2D eigenvalue weighted by Crippen LogP contribution is -2.03. The summed E-state index contributed by atoms with van der Waals surface area (Å²) in [6, 6.07) is 22.1. The Morgan fingerprint density at radius 1 is 0.850 bits per heavy atom. The Kier molecular flexibility index (Phi) is 3.83. The summed E-state index contributed by atoms with van der Waals surface area (Å²) in [7, 11) is 0. The van der Waals surface area contributed by atoms with E-state index in [1.54, 1.807) is 0 Å². The van der Waals surface area contributed by atoms with Gasteiger partial charge in [-0.25, -0.2) is 0 Å². The Morgan fingerprint density at radius 2 is 1.55 bits per heavy atom. The van der Waals surface area contributed by atoms with E-state index in [0.29, 0.717) is 6.42 Å². The SMILES string of the molecule is O=C(Cc1ccc(I)cc1)c1ccc2ccccc2c1. The van der Waals surface area contributed by atoms with Crippen LogP contribution in [0.1, 0.15) is 15.9 Å². The third-order valence-corrected chi connectivity index (χ3v) is 4.07. The molecule has 3 rings (SSSR count). The molecule has 0 fully saturated rings. The Labute approximate surface area is 131 Å². The van der Waals surface area contributed by atoms with Crippen LogP contribution in [0.5, 0.6) is 0 Å². The molecule has 0 bridgehead atoms. The Hall–Kier alpha value is -1.68. The lowest BCUT2D eigenvalue weighted by Gasteiger charge is -2.04. The van der Waals surface area contributed by atoms with Gasteiger partial charge < -0.3 is 0 Å². The predicted molar refractivity (Wildman–Crippen MR) is 91.1 cm³/mol. The molecule has 3 aromatic rings. The third kappa shape index (κ3) is 2.90. The predicted octanol–water partition coefficient (Wildman–Crippen LogP) is 4.87. The van der Waals surface area contributed by atoms with Crippen LogP contribution in [0.3, 0.4) is 0 Å². The number of hydrogen-bond acceptors (Lipinski definition) is 1. The van der Waals surface area contributed by atoms with Crippen LogP contribution in [0.2, 0.25) is 0 Å². The van der Waals surface area contributed by atoms with Crippen molar-refractivity contribution in [3.05, 3.63) is 81.4 Å². The first-order chi connectivity index (χ1) is 9.72. The van der Waals surface area contributed by atoms with Gasteiger partial charge in [0.1, 0.15) is 0 Å². The molecule has 3 aromatic carbocycles. The van der Waals surface area contributed by atoms with Gasteiger partial charge >= 0.3 is 0 Å². The highest BCUT2D eigenvalue weighted by atomic mass is 127. The Morgan fingerprint density at radius 3 is 2.30 bits per heavy atom. The minimum absolute atomic E-state index is 0.164. The summed E-state index contributed by atoms with van der Waals surface area (Å²) in [5.41, 5.74) is 1.84. The van der Waals surface area contributed by atoms with E-state index in [2.05, 4.69) is 28.7 Å². The monoisotopic (exact) mass is 372 g/mol. The van der Waals surface area contributed by atoms with E-state index in [-0.39, 0.29) is 5.78 Å². The lowest BCUT2D eigenvalue weighted by molar-refractivity contribution is 0.0993. The van der Waals surface area contributed by atoms with Crippen molar-refractivity contribution in [2.45, 2.75) is 6.42 Å². The highest BCUT2D eigenvalue weighted by Gasteiger charge is 2.07. The second-order valence-electron chi connectivity index (χ2n) is 4.79. The largest absolute Gasteiger partial charge is 0.294 e. The summed E-state index contributed by atoms with van der Waals surface area (Å²) in [5.74, 6) is 0.164. The topological polar surface area (TPSA) is 17.1 Å². The quantitative estimate of drug-likeness (QED) is 0.474. The molecule has 0 spiro atoms. The molecule has 20 heavy (non-hydrogen) atoms. The van der Waals surface area contributed by atoms with Crippen molar-refractivity contribution in [2.24, 2.45) is 0 Å². The van der Waals surface area contributed by atoms with Gasteiger partial charge in [-0.1, -0.05) is 48.5 Å². The summed E-state index contributed by atoms with van der Waals surface area (Å²) < 4.78 is 1.18. The summed E-state index contributed by atoms with van der Waals surface area (Å²) >= 11 is 2.27. The molecule has 0 saturated heterocycles. The van der Waals surface area contributed by atoms with E-state index in [4.69, 9.17) is 0 Å². The number of fused-ring (bicyclic) bond motifs is 1. The molecule has 0 saturated carbocycles. The molecule has 0 N–H and O–H groups in total. The van der Waals surface area contributed by atoms with E-state index >= 15 is 0 Å². The fourth-order valence-corrected chi connectivity index (χ4v) is 2.61. The lowest BCUT2D eigenvalue weighted by atomic mass is 10.00. The summed E-state index contributed by atoms with van der Waals surface area (Å²) in [4.78, 5) is 12.3. The van der Waals surface area contributed by atoms with Gasteiger partial charge in [0.05, 0.1) is 0 Å². The van der Waals surface area contributed by atoms with Crippen LogP contribution in [-0.4, -0.2) is 5.78 Å². The Balaban J connectivity index is 1.86. The van der Waals surface area contributed by atoms with Gasteiger partial charge in [-0.2, -0.15) is 0 Å². The molecule has 0 radical (unpaired) electrons. The zero-order valence-electron chi connectivity index (χ0n) is 10.8. The standard InChI is InChI=1S/C18H13IO/c19-17-9-5-13(6-10-17)11-18(20)16-8-7-14-3-1-2-4-15(14)12-16/h1-10,12H,11H2. The number of hydrogen-bond donors (Lipinski definition) is 0. The van der Waals surface area contributed by atoms with Gasteiger partial charge in [-0.05, 0) is 57.1 Å². The van der Waals surface area contributed by atoms with Crippen LogP contribution in [-0.2, 0) is 6.42 Å². The highest BCUT2D eigenvalue weighted by Crippen LogP contribution is 2.17. The highest BCUT2D eigenvalue weighted by molar-refractivity contribution is 14.1. The maximum atomic E-state index is 12.3. The molecule has 0 unspecified atom stereocenters.